The largest absolute Gasteiger partial charge is 0.356 e. The lowest BCUT2D eigenvalue weighted by Crippen LogP contribution is -2.40. The SMILES string of the molecule is Cc1nc(C2CC(N)C2)cc(N2CCC(F)(F)CC2)n1.Cl.Cl. The van der Waals surface area contributed by atoms with Crippen LogP contribution in [0.25, 0.3) is 0 Å². The van der Waals surface area contributed by atoms with Gasteiger partial charge in [0.25, 0.3) is 5.92 Å². The molecular formula is C14H22Cl2F2N4. The van der Waals surface area contributed by atoms with E-state index in [1.54, 1.807) is 0 Å². The van der Waals surface area contributed by atoms with Crippen LogP contribution in [0, 0.1) is 6.92 Å². The minimum absolute atomic E-state index is 0. The molecule has 2 aliphatic rings. The van der Waals surface area contributed by atoms with Gasteiger partial charge in [0.2, 0.25) is 0 Å². The number of hydrogen-bond donors (Lipinski definition) is 1. The van der Waals surface area contributed by atoms with Crippen molar-refractivity contribution in [3.63, 3.8) is 0 Å². The lowest BCUT2D eigenvalue weighted by Gasteiger charge is -2.35. The van der Waals surface area contributed by atoms with E-state index >= 15 is 0 Å². The maximum absolute atomic E-state index is 13.2. The van der Waals surface area contributed by atoms with E-state index in [0.717, 1.165) is 24.4 Å². The van der Waals surface area contributed by atoms with Crippen molar-refractivity contribution in [1.29, 1.82) is 0 Å². The Kier molecular flexibility index (Phi) is 6.36. The number of hydrogen-bond acceptors (Lipinski definition) is 4. The molecule has 2 N–H and O–H groups in total. The minimum atomic E-state index is -2.53. The van der Waals surface area contributed by atoms with Crippen LogP contribution in [0.2, 0.25) is 0 Å². The first-order chi connectivity index (χ1) is 9.43. The number of rotatable bonds is 2. The molecule has 0 spiro atoms. The van der Waals surface area contributed by atoms with Crippen molar-refractivity contribution < 1.29 is 8.78 Å². The molecule has 3 rings (SSSR count). The fourth-order valence-electron chi connectivity index (χ4n) is 2.91. The molecule has 4 nitrogen and oxygen atoms in total. The fraction of sp³-hybridized carbons (Fsp3) is 0.714. The quantitative estimate of drug-likeness (QED) is 0.886. The van der Waals surface area contributed by atoms with E-state index in [0.29, 0.717) is 24.8 Å². The average molecular weight is 355 g/mol. The van der Waals surface area contributed by atoms with E-state index in [4.69, 9.17) is 5.73 Å². The first kappa shape index (κ1) is 19.3. The van der Waals surface area contributed by atoms with Gasteiger partial charge in [-0.25, -0.2) is 18.7 Å². The summed E-state index contributed by atoms with van der Waals surface area (Å²) in [6, 6.07) is 2.22. The molecule has 1 aliphatic heterocycles. The van der Waals surface area contributed by atoms with E-state index < -0.39 is 5.92 Å². The first-order valence-corrected chi connectivity index (χ1v) is 7.17. The number of halogens is 4. The van der Waals surface area contributed by atoms with Gasteiger partial charge < -0.3 is 10.6 Å². The van der Waals surface area contributed by atoms with Crippen molar-refractivity contribution in [2.45, 2.75) is 50.5 Å². The van der Waals surface area contributed by atoms with Gasteiger partial charge in [0, 0.05) is 49.7 Å². The highest BCUT2D eigenvalue weighted by molar-refractivity contribution is 5.85. The Bertz CT molecular complexity index is 500. The molecule has 0 bridgehead atoms. The number of anilines is 1. The fourth-order valence-corrected chi connectivity index (χ4v) is 2.91. The zero-order valence-electron chi connectivity index (χ0n) is 12.5. The lowest BCUT2D eigenvalue weighted by atomic mass is 9.78. The monoisotopic (exact) mass is 354 g/mol. The average Bonchev–Trinajstić information content (AvgIpc) is 2.34. The maximum Gasteiger partial charge on any atom is 0.251 e. The molecular weight excluding hydrogens is 333 g/mol. The summed E-state index contributed by atoms with van der Waals surface area (Å²) >= 11 is 0. The van der Waals surface area contributed by atoms with Gasteiger partial charge in [-0.05, 0) is 19.8 Å². The second-order valence-electron chi connectivity index (χ2n) is 5.97. The molecule has 0 radical (unpaired) electrons. The summed E-state index contributed by atoms with van der Waals surface area (Å²) in [6.45, 7) is 2.56. The van der Waals surface area contributed by atoms with Crippen LogP contribution >= 0.6 is 24.8 Å². The van der Waals surface area contributed by atoms with Crippen molar-refractivity contribution in [1.82, 2.24) is 9.97 Å². The summed E-state index contributed by atoms with van der Waals surface area (Å²) in [5.41, 5.74) is 6.82. The molecule has 0 atom stereocenters. The summed E-state index contributed by atoms with van der Waals surface area (Å²) in [7, 11) is 0. The molecule has 0 amide bonds. The van der Waals surface area contributed by atoms with Gasteiger partial charge in [0.1, 0.15) is 11.6 Å². The molecule has 22 heavy (non-hydrogen) atoms. The molecule has 126 valence electrons. The molecule has 1 saturated heterocycles. The van der Waals surface area contributed by atoms with E-state index in [9.17, 15) is 8.78 Å². The Labute approximate surface area is 141 Å². The zero-order chi connectivity index (χ0) is 14.3. The Hall–Kier alpha value is -0.720. The maximum atomic E-state index is 13.2. The van der Waals surface area contributed by atoms with Crippen LogP contribution in [-0.4, -0.2) is 35.0 Å². The number of aryl methyl sites for hydroxylation is 1. The Balaban J connectivity index is 0.00000121. The third kappa shape index (κ3) is 4.18. The molecule has 1 saturated carbocycles. The van der Waals surface area contributed by atoms with Crippen LogP contribution in [0.15, 0.2) is 6.07 Å². The highest BCUT2D eigenvalue weighted by Gasteiger charge is 2.35. The molecule has 2 heterocycles. The van der Waals surface area contributed by atoms with Crippen molar-refractivity contribution >= 4 is 30.6 Å². The third-order valence-corrected chi connectivity index (χ3v) is 4.26. The first-order valence-electron chi connectivity index (χ1n) is 7.17. The van der Waals surface area contributed by atoms with Gasteiger partial charge in [-0.15, -0.1) is 24.8 Å². The summed E-state index contributed by atoms with van der Waals surface area (Å²) in [5, 5.41) is 0. The normalized spacial score (nSPS) is 26.5. The van der Waals surface area contributed by atoms with Crippen molar-refractivity contribution in [2.24, 2.45) is 5.73 Å². The summed E-state index contributed by atoms with van der Waals surface area (Å²) in [4.78, 5) is 10.8. The predicted octanol–water partition coefficient (Wildman–Crippen LogP) is 3.07. The summed E-state index contributed by atoms with van der Waals surface area (Å²) in [6.07, 6.45) is 1.71. The van der Waals surface area contributed by atoms with Gasteiger partial charge in [-0.1, -0.05) is 0 Å². The number of nitrogens with zero attached hydrogens (tertiary/aromatic N) is 3. The van der Waals surface area contributed by atoms with Crippen LogP contribution in [0.4, 0.5) is 14.6 Å². The highest BCUT2D eigenvalue weighted by Crippen LogP contribution is 2.36. The summed E-state index contributed by atoms with van der Waals surface area (Å²) < 4.78 is 26.4. The van der Waals surface area contributed by atoms with Crippen molar-refractivity contribution in [3.05, 3.63) is 17.6 Å². The van der Waals surface area contributed by atoms with Crippen LogP contribution in [-0.2, 0) is 0 Å². The van der Waals surface area contributed by atoms with Crippen LogP contribution in [0.3, 0.4) is 0 Å². The number of nitrogens with two attached hydrogens (primary N) is 1. The lowest BCUT2D eigenvalue weighted by molar-refractivity contribution is -0.0221. The van der Waals surface area contributed by atoms with Crippen LogP contribution in [0.5, 0.6) is 0 Å². The van der Waals surface area contributed by atoms with E-state index in [-0.39, 0.29) is 43.7 Å². The minimum Gasteiger partial charge on any atom is -0.356 e. The Morgan fingerprint density at radius 2 is 1.77 bits per heavy atom. The van der Waals surface area contributed by atoms with Crippen molar-refractivity contribution in [2.75, 3.05) is 18.0 Å². The van der Waals surface area contributed by atoms with Crippen LogP contribution < -0.4 is 10.6 Å². The van der Waals surface area contributed by atoms with Gasteiger partial charge in [-0.3, -0.25) is 0 Å². The Morgan fingerprint density at radius 3 is 2.32 bits per heavy atom. The van der Waals surface area contributed by atoms with Gasteiger partial charge in [0.15, 0.2) is 0 Å². The number of piperidine rings is 1. The topological polar surface area (TPSA) is 55.0 Å². The Morgan fingerprint density at radius 1 is 1.18 bits per heavy atom. The molecule has 0 aromatic carbocycles. The molecule has 1 aliphatic carbocycles. The third-order valence-electron chi connectivity index (χ3n) is 4.26. The predicted molar refractivity (Wildman–Crippen MR) is 87.6 cm³/mol. The van der Waals surface area contributed by atoms with E-state index in [1.807, 2.05) is 17.9 Å². The van der Waals surface area contributed by atoms with E-state index in [1.165, 1.54) is 0 Å². The second kappa shape index (κ2) is 7.23. The molecule has 0 unspecified atom stereocenters. The smallest absolute Gasteiger partial charge is 0.251 e. The molecule has 2 fully saturated rings. The molecule has 8 heteroatoms. The highest BCUT2D eigenvalue weighted by atomic mass is 35.5. The van der Waals surface area contributed by atoms with Gasteiger partial charge in [-0.2, -0.15) is 0 Å². The van der Waals surface area contributed by atoms with Crippen molar-refractivity contribution in [3.8, 4) is 0 Å². The second-order valence-corrected chi connectivity index (χ2v) is 5.97. The van der Waals surface area contributed by atoms with Crippen LogP contribution in [0.1, 0.15) is 43.1 Å². The van der Waals surface area contributed by atoms with Gasteiger partial charge in [0.05, 0.1) is 0 Å². The molecule has 1 aromatic rings. The molecule has 1 aromatic heterocycles. The number of aromatic nitrogens is 2. The standard InChI is InChI=1S/C14H20F2N4.2ClH/c1-9-18-12(10-6-11(17)7-10)8-13(19-9)20-4-2-14(15,16)3-5-20;;/h8,10-11H,2-7,17H2,1H3;2*1H. The summed E-state index contributed by atoms with van der Waals surface area (Å²) in [5.74, 6) is -0.641. The van der Waals surface area contributed by atoms with Gasteiger partial charge >= 0.3 is 0 Å². The number of alkyl halides is 2. The zero-order valence-corrected chi connectivity index (χ0v) is 14.1. The van der Waals surface area contributed by atoms with E-state index in [2.05, 4.69) is 9.97 Å².